The van der Waals surface area contributed by atoms with Crippen molar-refractivity contribution in [1.29, 1.82) is 0 Å². The van der Waals surface area contributed by atoms with Gasteiger partial charge in [0.25, 0.3) is 0 Å². The number of ether oxygens (including phenoxy) is 1. The lowest BCUT2D eigenvalue weighted by atomic mass is 10.1. The van der Waals surface area contributed by atoms with Gasteiger partial charge in [-0.05, 0) is 37.9 Å². The van der Waals surface area contributed by atoms with Gasteiger partial charge in [-0.2, -0.15) is 0 Å². The van der Waals surface area contributed by atoms with Crippen LogP contribution in [0.15, 0.2) is 6.07 Å². The Labute approximate surface area is 134 Å². The van der Waals surface area contributed by atoms with E-state index >= 15 is 0 Å². The second-order valence-corrected chi connectivity index (χ2v) is 6.85. The van der Waals surface area contributed by atoms with Crippen LogP contribution in [-0.4, -0.2) is 37.7 Å². The zero-order valence-electron chi connectivity index (χ0n) is 14.4. The van der Waals surface area contributed by atoms with Gasteiger partial charge >= 0.3 is 0 Å². The third kappa shape index (κ3) is 6.07. The molecule has 0 aliphatic heterocycles. The SMILES string of the molecule is CCNCc1cc(CN(CCOC)C(CC)CC)c(C)s1. The number of rotatable bonds is 11. The van der Waals surface area contributed by atoms with E-state index in [1.54, 1.807) is 7.11 Å². The summed E-state index contributed by atoms with van der Waals surface area (Å²) in [6.07, 6.45) is 2.40. The van der Waals surface area contributed by atoms with Crippen LogP contribution >= 0.6 is 11.3 Å². The standard InChI is InChI=1S/C17H32N2OS/c1-6-16(7-2)19(9-10-20-5)13-15-11-17(12-18-8-3)21-14(15)4/h11,16,18H,6-10,12-13H2,1-5H3. The van der Waals surface area contributed by atoms with Gasteiger partial charge in [0.05, 0.1) is 6.61 Å². The van der Waals surface area contributed by atoms with Crippen molar-refractivity contribution in [2.45, 2.75) is 59.7 Å². The van der Waals surface area contributed by atoms with Gasteiger partial charge in [-0.1, -0.05) is 20.8 Å². The Balaban J connectivity index is 2.74. The summed E-state index contributed by atoms with van der Waals surface area (Å²) < 4.78 is 5.29. The summed E-state index contributed by atoms with van der Waals surface area (Å²) in [6.45, 7) is 13.9. The number of aryl methyl sites for hydroxylation is 1. The molecule has 0 saturated heterocycles. The zero-order chi connectivity index (χ0) is 15.7. The molecule has 122 valence electrons. The topological polar surface area (TPSA) is 24.5 Å². The number of nitrogens with one attached hydrogen (secondary N) is 1. The first-order valence-electron chi connectivity index (χ1n) is 8.18. The van der Waals surface area contributed by atoms with Crippen LogP contribution in [0.3, 0.4) is 0 Å². The molecule has 0 unspecified atom stereocenters. The van der Waals surface area contributed by atoms with Gasteiger partial charge in [0.1, 0.15) is 0 Å². The first kappa shape index (κ1) is 18.6. The van der Waals surface area contributed by atoms with Crippen LogP contribution in [0.2, 0.25) is 0 Å². The van der Waals surface area contributed by atoms with Gasteiger partial charge in [-0.25, -0.2) is 0 Å². The first-order valence-corrected chi connectivity index (χ1v) is 8.99. The lowest BCUT2D eigenvalue weighted by Gasteiger charge is -2.30. The van der Waals surface area contributed by atoms with Crippen molar-refractivity contribution in [2.24, 2.45) is 0 Å². The third-order valence-corrected chi connectivity index (χ3v) is 5.13. The Hall–Kier alpha value is -0.420. The average Bonchev–Trinajstić information content (AvgIpc) is 2.83. The highest BCUT2D eigenvalue weighted by Gasteiger charge is 2.17. The molecule has 0 aromatic carbocycles. The molecule has 1 heterocycles. The number of methoxy groups -OCH3 is 1. The number of hydrogen-bond acceptors (Lipinski definition) is 4. The Morgan fingerprint density at radius 2 is 2.00 bits per heavy atom. The predicted octanol–water partition coefficient (Wildman–Crippen LogP) is 3.80. The minimum atomic E-state index is 0.650. The van der Waals surface area contributed by atoms with Gasteiger partial charge in [0.15, 0.2) is 0 Å². The van der Waals surface area contributed by atoms with E-state index in [4.69, 9.17) is 4.74 Å². The molecule has 0 aliphatic carbocycles. The molecule has 3 nitrogen and oxygen atoms in total. The summed E-state index contributed by atoms with van der Waals surface area (Å²) >= 11 is 1.93. The van der Waals surface area contributed by atoms with Crippen molar-refractivity contribution in [1.82, 2.24) is 10.2 Å². The normalized spacial score (nSPS) is 11.8. The molecule has 1 N–H and O–H groups in total. The molecular weight excluding hydrogens is 280 g/mol. The van der Waals surface area contributed by atoms with Gasteiger partial charge < -0.3 is 10.1 Å². The number of hydrogen-bond donors (Lipinski definition) is 1. The van der Waals surface area contributed by atoms with Crippen molar-refractivity contribution in [2.75, 3.05) is 26.8 Å². The molecule has 0 spiro atoms. The summed E-state index contributed by atoms with van der Waals surface area (Å²) in [6, 6.07) is 3.03. The molecule has 4 heteroatoms. The summed E-state index contributed by atoms with van der Waals surface area (Å²) in [7, 11) is 1.79. The third-order valence-electron chi connectivity index (χ3n) is 4.04. The molecular formula is C17H32N2OS. The van der Waals surface area contributed by atoms with Crippen molar-refractivity contribution in [3.05, 3.63) is 21.4 Å². The molecule has 0 bridgehead atoms. The second kappa shape index (κ2) is 10.3. The van der Waals surface area contributed by atoms with Crippen molar-refractivity contribution < 1.29 is 4.74 Å². The van der Waals surface area contributed by atoms with E-state index in [2.05, 4.69) is 44.0 Å². The summed E-state index contributed by atoms with van der Waals surface area (Å²) in [5, 5.41) is 3.41. The highest BCUT2D eigenvalue weighted by molar-refractivity contribution is 7.12. The number of thiophene rings is 1. The average molecular weight is 313 g/mol. The molecule has 0 aliphatic rings. The lowest BCUT2D eigenvalue weighted by Crippen LogP contribution is -2.36. The monoisotopic (exact) mass is 312 g/mol. The molecule has 0 radical (unpaired) electrons. The van der Waals surface area contributed by atoms with E-state index in [9.17, 15) is 0 Å². The van der Waals surface area contributed by atoms with Crippen LogP contribution in [0.25, 0.3) is 0 Å². The molecule has 0 fully saturated rings. The summed E-state index contributed by atoms with van der Waals surface area (Å²) in [5.74, 6) is 0. The Kier molecular flexibility index (Phi) is 9.16. The molecule has 1 aromatic rings. The second-order valence-electron chi connectivity index (χ2n) is 5.51. The molecule has 21 heavy (non-hydrogen) atoms. The summed E-state index contributed by atoms with van der Waals surface area (Å²) in [5.41, 5.74) is 1.48. The van der Waals surface area contributed by atoms with Gasteiger partial charge in [0, 0.05) is 42.5 Å². The van der Waals surface area contributed by atoms with Crippen LogP contribution in [0.1, 0.15) is 48.9 Å². The van der Waals surface area contributed by atoms with E-state index in [0.29, 0.717) is 6.04 Å². The van der Waals surface area contributed by atoms with E-state index in [1.165, 1.54) is 28.2 Å². The maximum atomic E-state index is 5.29. The fourth-order valence-electron chi connectivity index (χ4n) is 2.70. The van der Waals surface area contributed by atoms with Crippen molar-refractivity contribution in [3.8, 4) is 0 Å². The van der Waals surface area contributed by atoms with E-state index in [-0.39, 0.29) is 0 Å². The number of nitrogens with zero attached hydrogens (tertiary/aromatic N) is 1. The lowest BCUT2D eigenvalue weighted by molar-refractivity contribution is 0.110. The quantitative estimate of drug-likeness (QED) is 0.672. The molecule has 1 rings (SSSR count). The van der Waals surface area contributed by atoms with Crippen molar-refractivity contribution in [3.63, 3.8) is 0 Å². The fraction of sp³-hybridized carbons (Fsp3) is 0.765. The van der Waals surface area contributed by atoms with Crippen LogP contribution < -0.4 is 5.32 Å². The van der Waals surface area contributed by atoms with E-state index in [0.717, 1.165) is 32.8 Å². The maximum absolute atomic E-state index is 5.29. The van der Waals surface area contributed by atoms with Gasteiger partial charge in [-0.15, -0.1) is 11.3 Å². The van der Waals surface area contributed by atoms with Gasteiger partial charge in [-0.3, -0.25) is 4.90 Å². The zero-order valence-corrected chi connectivity index (χ0v) is 15.2. The predicted molar refractivity (Wildman–Crippen MR) is 93.1 cm³/mol. The Morgan fingerprint density at radius 1 is 1.29 bits per heavy atom. The Bertz CT molecular complexity index is 388. The highest BCUT2D eigenvalue weighted by atomic mass is 32.1. The largest absolute Gasteiger partial charge is 0.383 e. The molecule has 0 saturated carbocycles. The maximum Gasteiger partial charge on any atom is 0.0589 e. The van der Waals surface area contributed by atoms with Gasteiger partial charge in [0.2, 0.25) is 0 Å². The minimum Gasteiger partial charge on any atom is -0.383 e. The summed E-state index contributed by atoms with van der Waals surface area (Å²) in [4.78, 5) is 5.48. The van der Waals surface area contributed by atoms with E-state index < -0.39 is 0 Å². The van der Waals surface area contributed by atoms with Crippen LogP contribution in [0.5, 0.6) is 0 Å². The molecule has 0 amide bonds. The van der Waals surface area contributed by atoms with Crippen LogP contribution in [0.4, 0.5) is 0 Å². The Morgan fingerprint density at radius 3 is 2.57 bits per heavy atom. The van der Waals surface area contributed by atoms with E-state index in [1.807, 2.05) is 11.3 Å². The highest BCUT2D eigenvalue weighted by Crippen LogP contribution is 2.24. The van der Waals surface area contributed by atoms with Crippen LogP contribution in [-0.2, 0) is 17.8 Å². The smallest absolute Gasteiger partial charge is 0.0589 e. The minimum absolute atomic E-state index is 0.650. The first-order chi connectivity index (χ1) is 10.2. The fourth-order valence-corrected chi connectivity index (χ4v) is 3.73. The van der Waals surface area contributed by atoms with Crippen molar-refractivity contribution >= 4 is 11.3 Å². The molecule has 0 atom stereocenters. The van der Waals surface area contributed by atoms with Crippen LogP contribution in [0, 0.1) is 6.92 Å². The molecule has 1 aromatic heterocycles.